The standard InChI is InChI=1S/C42H36O12/c43-31-9-21-2-23-11-37(49)25(13-35(23)47)4-27-15-41(53)29(17-39(27)51)6-30-18-40(52)28(16-42(30)54)5-26-14-36(48)24(12-38(26)50)3-22-10-32(44)20(8-34(22)46)1-19(31)7-33(21)45/h7-18,43-54H,1-6H2. The molecule has 276 valence electrons. The van der Waals surface area contributed by atoms with Crippen molar-refractivity contribution < 1.29 is 61.3 Å². The summed E-state index contributed by atoms with van der Waals surface area (Å²) in [4.78, 5) is 0. The molecule has 54 heavy (non-hydrogen) atoms. The Morgan fingerprint density at radius 3 is 0.315 bits per heavy atom. The van der Waals surface area contributed by atoms with E-state index in [1.165, 1.54) is 72.8 Å². The molecule has 12 heteroatoms. The normalized spacial score (nSPS) is 12.9. The highest BCUT2D eigenvalue weighted by molar-refractivity contribution is 5.58. The summed E-state index contributed by atoms with van der Waals surface area (Å²) in [5.74, 6) is -2.95. The van der Waals surface area contributed by atoms with Crippen LogP contribution in [0, 0.1) is 0 Å². The SMILES string of the molecule is Oc1cc2c(O)cc1Cc1cc(O)c(cc1O)Cc1cc(O)c(cc1O)Cc1cc(O)c(cc1O)Cc1cc(O)c(cc1O)Cc1cc(O)c(cc1O)C2. The summed E-state index contributed by atoms with van der Waals surface area (Å²) in [6.45, 7) is 0. The fraction of sp³-hybridized carbons (Fsp3) is 0.143. The Hall–Kier alpha value is -7.08. The Balaban J connectivity index is 1.31. The molecule has 22 rings (SSSR count). The molecule has 12 nitrogen and oxygen atoms in total. The molecule has 12 bridgehead atoms. The smallest absolute Gasteiger partial charge is 0.119 e. The number of benzene rings is 6. The molecule has 6 aromatic carbocycles. The van der Waals surface area contributed by atoms with Crippen LogP contribution in [-0.4, -0.2) is 61.3 Å². The van der Waals surface area contributed by atoms with Crippen LogP contribution in [0.1, 0.15) is 66.8 Å². The van der Waals surface area contributed by atoms with E-state index in [0.29, 0.717) is 0 Å². The summed E-state index contributed by atoms with van der Waals surface area (Å²) in [7, 11) is 0. The highest BCUT2D eigenvalue weighted by atomic mass is 16.3. The van der Waals surface area contributed by atoms with Crippen LogP contribution in [0.15, 0.2) is 72.8 Å². The molecule has 0 heterocycles. The third-order valence-electron chi connectivity index (χ3n) is 9.96. The molecular formula is C42H36O12. The number of aromatic hydroxyl groups is 12. The summed E-state index contributed by atoms with van der Waals surface area (Å²) >= 11 is 0. The minimum Gasteiger partial charge on any atom is -0.508 e. The van der Waals surface area contributed by atoms with E-state index in [4.69, 9.17) is 0 Å². The largest absolute Gasteiger partial charge is 0.508 e. The van der Waals surface area contributed by atoms with Gasteiger partial charge in [0, 0.05) is 105 Å². The van der Waals surface area contributed by atoms with Crippen LogP contribution in [-0.2, 0) is 38.5 Å². The van der Waals surface area contributed by atoms with Gasteiger partial charge < -0.3 is 61.3 Å². The Kier molecular flexibility index (Phi) is 8.82. The van der Waals surface area contributed by atoms with Crippen molar-refractivity contribution >= 4 is 0 Å². The molecule has 0 saturated carbocycles. The molecule has 16 aliphatic rings. The minimum atomic E-state index is -0.246. The van der Waals surface area contributed by atoms with E-state index in [0.717, 1.165) is 0 Å². The van der Waals surface area contributed by atoms with Crippen LogP contribution in [0.4, 0.5) is 0 Å². The number of hydrogen-bond acceptors (Lipinski definition) is 12. The van der Waals surface area contributed by atoms with Gasteiger partial charge in [-0.2, -0.15) is 0 Å². The molecule has 0 saturated heterocycles. The van der Waals surface area contributed by atoms with Gasteiger partial charge in [-0.1, -0.05) is 0 Å². The van der Waals surface area contributed by atoms with Gasteiger partial charge in [0.15, 0.2) is 0 Å². The third-order valence-corrected chi connectivity index (χ3v) is 9.96. The van der Waals surface area contributed by atoms with E-state index >= 15 is 0 Å². The molecule has 0 aromatic heterocycles. The first kappa shape index (κ1) is 35.3. The van der Waals surface area contributed by atoms with Gasteiger partial charge in [-0.15, -0.1) is 0 Å². The Morgan fingerprint density at radius 2 is 0.241 bits per heavy atom. The maximum atomic E-state index is 10.9. The van der Waals surface area contributed by atoms with Gasteiger partial charge in [-0.3, -0.25) is 0 Å². The molecule has 0 unspecified atom stereocenters. The number of hydrogen-bond donors (Lipinski definition) is 12. The van der Waals surface area contributed by atoms with Gasteiger partial charge in [0.1, 0.15) is 69.0 Å². The molecule has 0 aliphatic heterocycles. The quantitative estimate of drug-likeness (QED) is 0.0802. The molecule has 0 atom stereocenters. The number of rotatable bonds is 0. The molecular weight excluding hydrogens is 696 g/mol. The predicted molar refractivity (Wildman–Crippen MR) is 195 cm³/mol. The zero-order chi connectivity index (χ0) is 38.6. The first-order valence-electron chi connectivity index (χ1n) is 16.9. The van der Waals surface area contributed by atoms with Crippen LogP contribution in [0.3, 0.4) is 0 Å². The molecule has 0 amide bonds. The fourth-order valence-electron chi connectivity index (χ4n) is 6.91. The predicted octanol–water partition coefficient (Wildman–Crippen LogP) is 6.01. The van der Waals surface area contributed by atoms with Gasteiger partial charge in [-0.25, -0.2) is 0 Å². The van der Waals surface area contributed by atoms with E-state index in [9.17, 15) is 61.3 Å². The summed E-state index contributed by atoms with van der Waals surface area (Å²) in [5.41, 5.74) is 2.52. The zero-order valence-electron chi connectivity index (χ0n) is 28.5. The van der Waals surface area contributed by atoms with Crippen LogP contribution in [0.25, 0.3) is 0 Å². The van der Waals surface area contributed by atoms with Crippen LogP contribution >= 0.6 is 0 Å². The van der Waals surface area contributed by atoms with Gasteiger partial charge in [0.05, 0.1) is 0 Å². The summed E-state index contributed by atoms with van der Waals surface area (Å²) in [6.07, 6.45) is -0.622. The summed E-state index contributed by atoms with van der Waals surface area (Å²) < 4.78 is 0. The highest BCUT2D eigenvalue weighted by Gasteiger charge is 2.21. The Bertz CT molecular complexity index is 1870. The van der Waals surface area contributed by atoms with Crippen molar-refractivity contribution in [2.45, 2.75) is 38.5 Å². The number of phenols is 12. The lowest BCUT2D eigenvalue weighted by Gasteiger charge is -2.16. The van der Waals surface area contributed by atoms with Gasteiger partial charge >= 0.3 is 0 Å². The average molecular weight is 733 g/mol. The second-order valence-corrected chi connectivity index (χ2v) is 13.7. The average Bonchev–Trinajstić information content (AvgIpc) is 3.10. The summed E-state index contributed by atoms with van der Waals surface area (Å²) in [6, 6.07) is 15.5. The van der Waals surface area contributed by atoms with Gasteiger partial charge in [0.2, 0.25) is 0 Å². The Morgan fingerprint density at radius 1 is 0.167 bits per heavy atom. The van der Waals surface area contributed by atoms with Crippen molar-refractivity contribution in [3.8, 4) is 69.0 Å². The van der Waals surface area contributed by atoms with Crippen molar-refractivity contribution in [3.63, 3.8) is 0 Å². The van der Waals surface area contributed by atoms with E-state index in [1.807, 2.05) is 0 Å². The molecule has 6 aromatic rings. The second-order valence-electron chi connectivity index (χ2n) is 13.7. The van der Waals surface area contributed by atoms with Crippen molar-refractivity contribution in [1.82, 2.24) is 0 Å². The van der Waals surface area contributed by atoms with E-state index in [2.05, 4.69) is 0 Å². The lowest BCUT2D eigenvalue weighted by atomic mass is 9.93. The highest BCUT2D eigenvalue weighted by Crippen LogP contribution is 2.41. The molecule has 0 radical (unpaired) electrons. The summed E-state index contributed by atoms with van der Waals surface area (Å²) in [5, 5.41) is 131. The van der Waals surface area contributed by atoms with Crippen LogP contribution < -0.4 is 0 Å². The van der Waals surface area contributed by atoms with E-state index in [1.54, 1.807) is 0 Å². The molecule has 12 N–H and O–H groups in total. The number of phenolic OH excluding ortho intramolecular Hbond substituents is 12. The molecule has 16 aliphatic carbocycles. The van der Waals surface area contributed by atoms with Crippen molar-refractivity contribution in [2.75, 3.05) is 0 Å². The van der Waals surface area contributed by atoms with E-state index in [-0.39, 0.29) is 174 Å². The Labute approximate surface area is 307 Å². The molecule has 0 spiro atoms. The monoisotopic (exact) mass is 732 g/mol. The first-order chi connectivity index (χ1) is 25.6. The van der Waals surface area contributed by atoms with Crippen molar-refractivity contribution in [1.29, 1.82) is 0 Å². The maximum absolute atomic E-state index is 10.9. The zero-order valence-corrected chi connectivity index (χ0v) is 28.5. The van der Waals surface area contributed by atoms with Crippen LogP contribution in [0.5, 0.6) is 69.0 Å². The van der Waals surface area contributed by atoms with Gasteiger partial charge in [-0.05, 0) is 72.8 Å². The topological polar surface area (TPSA) is 243 Å². The van der Waals surface area contributed by atoms with E-state index < -0.39 is 0 Å². The maximum Gasteiger partial charge on any atom is 0.119 e. The van der Waals surface area contributed by atoms with Crippen molar-refractivity contribution in [2.24, 2.45) is 0 Å². The lowest BCUT2D eigenvalue weighted by molar-refractivity contribution is 0.439. The fourth-order valence-corrected chi connectivity index (χ4v) is 6.91. The molecule has 0 fully saturated rings. The minimum absolute atomic E-state index is 0.104. The van der Waals surface area contributed by atoms with Crippen LogP contribution in [0.2, 0.25) is 0 Å². The lowest BCUT2D eigenvalue weighted by Crippen LogP contribution is -1.99. The van der Waals surface area contributed by atoms with Crippen molar-refractivity contribution in [3.05, 3.63) is 140 Å². The van der Waals surface area contributed by atoms with Gasteiger partial charge in [0.25, 0.3) is 0 Å². The second kappa shape index (κ2) is 13.5. The third kappa shape index (κ3) is 6.80. The first-order valence-corrected chi connectivity index (χ1v) is 16.9.